The number of nitrogens with zero attached hydrogens (tertiary/aromatic N) is 2. The Labute approximate surface area is 153 Å². The standard InChI is InChI=1S/C22H31N3/c1-19(2)11-10-12-20(3)17-21(18-24)14-15-22(25-4)13-8-6-5-7-9-16-23/h6,8,10-13,21,25H,3,5,7,9,14-15,17H2,1-2,4H3/b8-6+,12-10-,22-13+. The van der Waals surface area contributed by atoms with Crippen molar-refractivity contribution in [2.24, 2.45) is 5.92 Å². The lowest BCUT2D eigenvalue weighted by atomic mass is 9.95. The molecule has 1 N–H and O–H groups in total. The SMILES string of the molecule is C=C(/C=C\C=C(C)C)CC(C#N)CC/C(=C\C=C\CCCC#N)NC. The lowest BCUT2D eigenvalue weighted by Crippen LogP contribution is -2.08. The Hall–Kier alpha value is -2.52. The number of hydrogen-bond donors (Lipinski definition) is 1. The van der Waals surface area contributed by atoms with Crippen molar-refractivity contribution in [1.82, 2.24) is 5.32 Å². The van der Waals surface area contributed by atoms with Gasteiger partial charge in [-0.3, -0.25) is 0 Å². The molecule has 0 aromatic carbocycles. The van der Waals surface area contributed by atoms with E-state index in [2.05, 4.69) is 44.0 Å². The fourth-order valence-corrected chi connectivity index (χ4v) is 2.17. The third-order valence-electron chi connectivity index (χ3n) is 3.63. The second-order valence-electron chi connectivity index (χ2n) is 6.25. The van der Waals surface area contributed by atoms with E-state index in [1.807, 2.05) is 37.4 Å². The van der Waals surface area contributed by atoms with Crippen molar-refractivity contribution < 1.29 is 0 Å². The van der Waals surface area contributed by atoms with Crippen LogP contribution in [0.4, 0.5) is 0 Å². The van der Waals surface area contributed by atoms with Crippen LogP contribution in [0, 0.1) is 28.6 Å². The minimum atomic E-state index is -0.0276. The first-order valence-electron chi connectivity index (χ1n) is 8.82. The van der Waals surface area contributed by atoms with Gasteiger partial charge in [-0.2, -0.15) is 10.5 Å². The third-order valence-corrected chi connectivity index (χ3v) is 3.63. The van der Waals surface area contributed by atoms with Crippen LogP contribution in [0.5, 0.6) is 0 Å². The summed E-state index contributed by atoms with van der Waals surface area (Å²) in [6.45, 7) is 8.14. The maximum Gasteiger partial charge on any atom is 0.0659 e. The summed E-state index contributed by atoms with van der Waals surface area (Å²) in [4.78, 5) is 0. The number of nitriles is 2. The van der Waals surface area contributed by atoms with Gasteiger partial charge in [-0.1, -0.05) is 48.1 Å². The number of hydrogen-bond acceptors (Lipinski definition) is 3. The van der Waals surface area contributed by atoms with E-state index in [0.717, 1.165) is 37.0 Å². The minimum absolute atomic E-state index is 0.0276. The monoisotopic (exact) mass is 337 g/mol. The lowest BCUT2D eigenvalue weighted by Gasteiger charge is -2.11. The van der Waals surface area contributed by atoms with Crippen LogP contribution in [-0.2, 0) is 0 Å². The Morgan fingerprint density at radius 1 is 1.20 bits per heavy atom. The first-order chi connectivity index (χ1) is 12.0. The third kappa shape index (κ3) is 13.6. The molecule has 0 amide bonds. The van der Waals surface area contributed by atoms with Crippen LogP contribution in [-0.4, -0.2) is 7.05 Å². The van der Waals surface area contributed by atoms with Crippen molar-refractivity contribution in [3.8, 4) is 12.1 Å². The van der Waals surface area contributed by atoms with Crippen LogP contribution < -0.4 is 5.32 Å². The van der Waals surface area contributed by atoms with Gasteiger partial charge in [-0.15, -0.1) is 0 Å². The average Bonchev–Trinajstić information content (AvgIpc) is 2.58. The zero-order chi connectivity index (χ0) is 18.9. The summed E-state index contributed by atoms with van der Waals surface area (Å²) < 4.78 is 0. The molecule has 0 radical (unpaired) electrons. The zero-order valence-electron chi connectivity index (χ0n) is 15.9. The molecule has 0 aliphatic heterocycles. The van der Waals surface area contributed by atoms with Gasteiger partial charge in [-0.05, 0) is 52.0 Å². The highest BCUT2D eigenvalue weighted by atomic mass is 14.8. The van der Waals surface area contributed by atoms with Gasteiger partial charge in [0.2, 0.25) is 0 Å². The highest BCUT2D eigenvalue weighted by Gasteiger charge is 2.09. The van der Waals surface area contributed by atoms with Crippen molar-refractivity contribution in [1.29, 1.82) is 10.5 Å². The predicted molar refractivity (Wildman–Crippen MR) is 106 cm³/mol. The summed E-state index contributed by atoms with van der Waals surface area (Å²) in [6.07, 6.45) is 16.9. The fourth-order valence-electron chi connectivity index (χ4n) is 2.17. The summed E-state index contributed by atoms with van der Waals surface area (Å²) in [6, 6.07) is 4.53. The van der Waals surface area contributed by atoms with E-state index in [1.165, 1.54) is 5.57 Å². The first kappa shape index (κ1) is 22.5. The van der Waals surface area contributed by atoms with Gasteiger partial charge in [0, 0.05) is 19.2 Å². The molecule has 0 heterocycles. The molecule has 1 unspecified atom stereocenters. The van der Waals surface area contributed by atoms with E-state index in [-0.39, 0.29) is 5.92 Å². The molecule has 3 heteroatoms. The molecule has 3 nitrogen and oxygen atoms in total. The molecule has 0 saturated heterocycles. The van der Waals surface area contributed by atoms with Crippen molar-refractivity contribution >= 4 is 0 Å². The van der Waals surface area contributed by atoms with Crippen LogP contribution in [0.3, 0.4) is 0 Å². The number of rotatable bonds is 12. The molecule has 0 aromatic heterocycles. The number of allylic oxidation sites excluding steroid dienone is 9. The average molecular weight is 338 g/mol. The molecule has 0 aliphatic carbocycles. The van der Waals surface area contributed by atoms with Gasteiger partial charge >= 0.3 is 0 Å². The molecule has 0 spiro atoms. The molecule has 0 bridgehead atoms. The van der Waals surface area contributed by atoms with E-state index in [1.54, 1.807) is 0 Å². The van der Waals surface area contributed by atoms with Gasteiger partial charge in [0.1, 0.15) is 0 Å². The minimum Gasteiger partial charge on any atom is -0.391 e. The molecule has 0 aromatic rings. The molecule has 25 heavy (non-hydrogen) atoms. The summed E-state index contributed by atoms with van der Waals surface area (Å²) in [5.41, 5.74) is 3.34. The second kappa shape index (κ2) is 15.0. The van der Waals surface area contributed by atoms with Gasteiger partial charge in [0.25, 0.3) is 0 Å². The van der Waals surface area contributed by atoms with Gasteiger partial charge in [-0.25, -0.2) is 0 Å². The Morgan fingerprint density at radius 2 is 1.96 bits per heavy atom. The van der Waals surface area contributed by atoms with Crippen molar-refractivity contribution in [2.45, 2.75) is 52.4 Å². The molecular weight excluding hydrogens is 306 g/mol. The normalized spacial score (nSPS) is 12.6. The smallest absolute Gasteiger partial charge is 0.0659 e. The topological polar surface area (TPSA) is 59.6 Å². The largest absolute Gasteiger partial charge is 0.391 e. The van der Waals surface area contributed by atoms with E-state index < -0.39 is 0 Å². The molecule has 0 fully saturated rings. The molecule has 1 atom stereocenters. The quantitative estimate of drug-likeness (QED) is 0.365. The fraction of sp³-hybridized carbons (Fsp3) is 0.455. The maximum absolute atomic E-state index is 9.36. The van der Waals surface area contributed by atoms with E-state index >= 15 is 0 Å². The van der Waals surface area contributed by atoms with Crippen LogP contribution >= 0.6 is 0 Å². The summed E-state index contributed by atoms with van der Waals surface area (Å²) >= 11 is 0. The van der Waals surface area contributed by atoms with Crippen molar-refractivity contribution in [3.05, 3.63) is 59.9 Å². The van der Waals surface area contributed by atoms with Crippen LogP contribution in [0.15, 0.2) is 59.9 Å². The number of nitrogens with one attached hydrogen (secondary N) is 1. The Morgan fingerprint density at radius 3 is 2.56 bits per heavy atom. The summed E-state index contributed by atoms with van der Waals surface area (Å²) in [5, 5.41) is 21.0. The second-order valence-corrected chi connectivity index (χ2v) is 6.25. The molecular formula is C22H31N3. The van der Waals surface area contributed by atoms with Gasteiger partial charge in [0.05, 0.1) is 18.1 Å². The highest BCUT2D eigenvalue weighted by molar-refractivity contribution is 5.22. The number of unbranched alkanes of at least 4 members (excludes halogenated alkanes) is 2. The van der Waals surface area contributed by atoms with Gasteiger partial charge in [0.15, 0.2) is 0 Å². The van der Waals surface area contributed by atoms with Crippen LogP contribution in [0.2, 0.25) is 0 Å². The molecule has 0 rings (SSSR count). The summed E-state index contributed by atoms with van der Waals surface area (Å²) in [5.74, 6) is -0.0276. The van der Waals surface area contributed by atoms with Gasteiger partial charge < -0.3 is 5.32 Å². The first-order valence-corrected chi connectivity index (χ1v) is 8.82. The predicted octanol–water partition coefficient (Wildman–Crippen LogP) is 5.73. The van der Waals surface area contributed by atoms with Crippen molar-refractivity contribution in [2.75, 3.05) is 7.05 Å². The maximum atomic E-state index is 9.36. The molecule has 0 aliphatic rings. The summed E-state index contributed by atoms with van der Waals surface area (Å²) in [7, 11) is 1.90. The van der Waals surface area contributed by atoms with Crippen LogP contribution in [0.1, 0.15) is 52.4 Å². The van der Waals surface area contributed by atoms with E-state index in [9.17, 15) is 5.26 Å². The molecule has 134 valence electrons. The Balaban J connectivity index is 4.40. The zero-order valence-corrected chi connectivity index (χ0v) is 15.9. The van der Waals surface area contributed by atoms with E-state index in [0.29, 0.717) is 12.8 Å². The highest BCUT2D eigenvalue weighted by Crippen LogP contribution is 2.18. The molecule has 0 saturated carbocycles. The lowest BCUT2D eigenvalue weighted by molar-refractivity contribution is 0.589. The van der Waals surface area contributed by atoms with Crippen molar-refractivity contribution in [3.63, 3.8) is 0 Å². The Kier molecular flexibility index (Phi) is 13.5. The Bertz CT molecular complexity index is 588. The van der Waals surface area contributed by atoms with E-state index in [4.69, 9.17) is 5.26 Å². The van der Waals surface area contributed by atoms with Crippen LogP contribution in [0.25, 0.3) is 0 Å².